The fourth-order valence-electron chi connectivity index (χ4n) is 3.64. The standard InChI is InChI=1S/C16H18ClN3O2S2/c1-9-14(10-4-6-20(9)7-5-10)19-15(21)11-2-3-13(23-11)24-16-18-12(17)8-22-16/h2-3,8-10,14H,4-7H2,1H3,(H,19,21)/t9-,14-/m0/s1. The molecule has 0 aliphatic carbocycles. The molecule has 2 aromatic rings. The lowest BCUT2D eigenvalue weighted by Gasteiger charge is -2.49. The van der Waals surface area contributed by atoms with E-state index in [4.69, 9.17) is 16.0 Å². The van der Waals surface area contributed by atoms with Gasteiger partial charge in [-0.1, -0.05) is 11.6 Å². The molecule has 8 heteroatoms. The summed E-state index contributed by atoms with van der Waals surface area (Å²) in [7, 11) is 0. The Hall–Kier alpha value is -1.02. The van der Waals surface area contributed by atoms with Crippen LogP contribution in [-0.4, -0.2) is 41.0 Å². The molecule has 3 fully saturated rings. The van der Waals surface area contributed by atoms with E-state index in [1.54, 1.807) is 0 Å². The molecule has 0 saturated carbocycles. The zero-order valence-corrected chi connectivity index (χ0v) is 15.6. The second-order valence-corrected chi connectivity index (χ2v) is 8.99. The van der Waals surface area contributed by atoms with Gasteiger partial charge in [0.15, 0.2) is 5.15 Å². The van der Waals surface area contributed by atoms with Gasteiger partial charge in [0.05, 0.1) is 9.09 Å². The number of halogens is 1. The van der Waals surface area contributed by atoms with Crippen LogP contribution in [0.4, 0.5) is 0 Å². The summed E-state index contributed by atoms with van der Waals surface area (Å²) in [6.45, 7) is 4.55. The number of thiophene rings is 1. The molecule has 24 heavy (non-hydrogen) atoms. The molecule has 2 aromatic heterocycles. The van der Waals surface area contributed by atoms with Gasteiger partial charge in [-0.15, -0.1) is 11.3 Å². The molecule has 0 unspecified atom stereocenters. The van der Waals surface area contributed by atoms with Crippen LogP contribution in [0.3, 0.4) is 0 Å². The summed E-state index contributed by atoms with van der Waals surface area (Å²) >= 11 is 8.58. The van der Waals surface area contributed by atoms with Crippen LogP contribution in [0, 0.1) is 5.92 Å². The van der Waals surface area contributed by atoms with Crippen molar-refractivity contribution in [3.8, 4) is 0 Å². The summed E-state index contributed by atoms with van der Waals surface area (Å²) in [5.74, 6) is 0.625. The SMILES string of the molecule is C[C@H]1[C@H](NC(=O)c2ccc(Sc3nc(Cl)co3)s2)C2CCN1CC2. The molecular formula is C16H18ClN3O2S2. The second-order valence-electron chi connectivity index (χ2n) is 6.27. The summed E-state index contributed by atoms with van der Waals surface area (Å²) in [5.41, 5.74) is 0. The molecule has 5 nitrogen and oxygen atoms in total. The molecule has 3 aliphatic rings. The van der Waals surface area contributed by atoms with Crippen molar-refractivity contribution >= 4 is 40.6 Å². The number of rotatable bonds is 4. The Morgan fingerprint density at radius 2 is 2.25 bits per heavy atom. The first kappa shape index (κ1) is 16.4. The van der Waals surface area contributed by atoms with Crippen LogP contribution in [0.1, 0.15) is 29.4 Å². The molecule has 0 aromatic carbocycles. The molecular weight excluding hydrogens is 366 g/mol. The summed E-state index contributed by atoms with van der Waals surface area (Å²) in [6, 6.07) is 4.45. The summed E-state index contributed by atoms with van der Waals surface area (Å²) < 4.78 is 6.19. The minimum atomic E-state index is 0.0166. The molecule has 0 radical (unpaired) electrons. The largest absolute Gasteiger partial charge is 0.438 e. The molecule has 0 spiro atoms. The highest BCUT2D eigenvalue weighted by atomic mass is 35.5. The number of carbonyl (C=O) groups is 1. The minimum Gasteiger partial charge on any atom is -0.438 e. The zero-order chi connectivity index (χ0) is 16.7. The average Bonchev–Trinajstić information content (AvgIpc) is 3.21. The Kier molecular flexibility index (Phi) is 4.60. The number of piperidine rings is 3. The van der Waals surface area contributed by atoms with Crippen LogP contribution >= 0.6 is 34.7 Å². The van der Waals surface area contributed by atoms with Gasteiger partial charge in [0.25, 0.3) is 11.1 Å². The van der Waals surface area contributed by atoms with Crippen LogP contribution < -0.4 is 5.32 Å². The third kappa shape index (κ3) is 3.22. The summed E-state index contributed by atoms with van der Waals surface area (Å²) in [4.78, 5) is 19.9. The molecule has 3 saturated heterocycles. The van der Waals surface area contributed by atoms with E-state index in [2.05, 4.69) is 22.1 Å². The van der Waals surface area contributed by atoms with Gasteiger partial charge in [0.2, 0.25) is 0 Å². The van der Waals surface area contributed by atoms with E-state index < -0.39 is 0 Å². The van der Waals surface area contributed by atoms with Crippen molar-refractivity contribution < 1.29 is 9.21 Å². The third-order valence-corrected chi connectivity index (χ3v) is 7.18. The van der Waals surface area contributed by atoms with Gasteiger partial charge in [-0.25, -0.2) is 0 Å². The number of carbonyl (C=O) groups excluding carboxylic acids is 1. The number of hydrogen-bond donors (Lipinski definition) is 1. The number of hydrogen-bond acceptors (Lipinski definition) is 6. The van der Waals surface area contributed by atoms with Gasteiger partial charge in [-0.05, 0) is 62.7 Å². The topological polar surface area (TPSA) is 58.4 Å². The van der Waals surface area contributed by atoms with E-state index in [1.165, 1.54) is 42.2 Å². The number of nitrogens with one attached hydrogen (secondary N) is 1. The van der Waals surface area contributed by atoms with E-state index in [1.807, 2.05) is 12.1 Å². The number of aromatic nitrogens is 1. The maximum absolute atomic E-state index is 12.6. The van der Waals surface area contributed by atoms with Crippen molar-refractivity contribution in [1.29, 1.82) is 0 Å². The van der Waals surface area contributed by atoms with Crippen molar-refractivity contribution in [2.24, 2.45) is 5.92 Å². The van der Waals surface area contributed by atoms with E-state index in [0.717, 1.165) is 22.2 Å². The Balaban J connectivity index is 1.41. The Labute approximate surface area is 153 Å². The van der Waals surface area contributed by atoms with Crippen LogP contribution in [0.25, 0.3) is 0 Å². The Morgan fingerprint density at radius 3 is 2.92 bits per heavy atom. The van der Waals surface area contributed by atoms with Gasteiger partial charge in [0.1, 0.15) is 6.26 Å². The van der Waals surface area contributed by atoms with Crippen molar-refractivity contribution in [3.05, 3.63) is 28.4 Å². The van der Waals surface area contributed by atoms with Gasteiger partial charge in [-0.3, -0.25) is 9.69 Å². The van der Waals surface area contributed by atoms with Gasteiger partial charge < -0.3 is 9.73 Å². The van der Waals surface area contributed by atoms with Crippen molar-refractivity contribution in [1.82, 2.24) is 15.2 Å². The third-order valence-electron chi connectivity index (χ3n) is 4.92. The smallest absolute Gasteiger partial charge is 0.262 e. The first-order chi connectivity index (χ1) is 11.6. The van der Waals surface area contributed by atoms with Gasteiger partial charge in [-0.2, -0.15) is 4.98 Å². The predicted molar refractivity (Wildman–Crippen MR) is 95.0 cm³/mol. The fraction of sp³-hybridized carbons (Fsp3) is 0.500. The number of amides is 1. The lowest BCUT2D eigenvalue weighted by atomic mass is 9.79. The Morgan fingerprint density at radius 1 is 1.46 bits per heavy atom. The molecule has 5 rings (SSSR count). The quantitative estimate of drug-likeness (QED) is 0.871. The molecule has 3 aliphatic heterocycles. The monoisotopic (exact) mass is 383 g/mol. The number of oxazole rings is 1. The second kappa shape index (κ2) is 6.71. The van der Waals surface area contributed by atoms with Crippen molar-refractivity contribution in [3.63, 3.8) is 0 Å². The highest BCUT2D eigenvalue weighted by molar-refractivity contribution is 8.01. The van der Waals surface area contributed by atoms with E-state index in [-0.39, 0.29) is 11.9 Å². The van der Waals surface area contributed by atoms with E-state index in [0.29, 0.717) is 22.3 Å². The average molecular weight is 384 g/mol. The minimum absolute atomic E-state index is 0.0166. The van der Waals surface area contributed by atoms with E-state index >= 15 is 0 Å². The first-order valence-electron chi connectivity index (χ1n) is 8.04. The molecule has 5 heterocycles. The van der Waals surface area contributed by atoms with Gasteiger partial charge in [0, 0.05) is 12.1 Å². The van der Waals surface area contributed by atoms with Gasteiger partial charge >= 0.3 is 0 Å². The first-order valence-corrected chi connectivity index (χ1v) is 10.0. The maximum atomic E-state index is 12.6. The summed E-state index contributed by atoms with van der Waals surface area (Å²) in [5, 5.41) is 4.08. The lowest BCUT2D eigenvalue weighted by molar-refractivity contribution is 0.0218. The molecule has 1 N–H and O–H groups in total. The predicted octanol–water partition coefficient (Wildman–Crippen LogP) is 3.75. The van der Waals surface area contributed by atoms with Crippen LogP contribution in [0.15, 0.2) is 32.2 Å². The normalized spacial score (nSPS) is 28.9. The van der Waals surface area contributed by atoms with Crippen LogP contribution in [-0.2, 0) is 0 Å². The Bertz CT molecular complexity index is 737. The number of fused-ring (bicyclic) bond motifs is 3. The lowest BCUT2D eigenvalue weighted by Crippen LogP contribution is -2.62. The molecule has 128 valence electrons. The van der Waals surface area contributed by atoms with Crippen LogP contribution in [0.2, 0.25) is 5.15 Å². The van der Waals surface area contributed by atoms with E-state index in [9.17, 15) is 4.79 Å². The maximum Gasteiger partial charge on any atom is 0.262 e. The highest BCUT2D eigenvalue weighted by Crippen LogP contribution is 2.35. The van der Waals surface area contributed by atoms with Crippen molar-refractivity contribution in [2.75, 3.05) is 13.1 Å². The van der Waals surface area contributed by atoms with Crippen LogP contribution in [0.5, 0.6) is 0 Å². The zero-order valence-electron chi connectivity index (χ0n) is 13.2. The summed E-state index contributed by atoms with van der Waals surface area (Å²) in [6.07, 6.45) is 3.78. The highest BCUT2D eigenvalue weighted by Gasteiger charge is 2.40. The number of nitrogens with zero attached hydrogens (tertiary/aromatic N) is 2. The van der Waals surface area contributed by atoms with Crippen molar-refractivity contribution in [2.45, 2.75) is 41.3 Å². The fourth-order valence-corrected chi connectivity index (χ4v) is 5.65. The molecule has 2 bridgehead atoms. The molecule has 1 amide bonds. The molecule has 2 atom stereocenters.